The second-order valence-electron chi connectivity index (χ2n) is 6.86. The second kappa shape index (κ2) is 11.0. The summed E-state index contributed by atoms with van der Waals surface area (Å²) in [5.74, 6) is -2.84. The zero-order chi connectivity index (χ0) is 22.3. The van der Waals surface area contributed by atoms with Crippen LogP contribution in [0.3, 0.4) is 0 Å². The summed E-state index contributed by atoms with van der Waals surface area (Å²) in [6.45, 7) is 11.5. The predicted molar refractivity (Wildman–Crippen MR) is 113 cm³/mol. The quantitative estimate of drug-likeness (QED) is 0.319. The van der Waals surface area contributed by atoms with Crippen molar-refractivity contribution in [3.63, 3.8) is 0 Å². The monoisotopic (exact) mass is 424 g/mol. The molecule has 3 rings (SSSR count). The molecule has 0 aromatic heterocycles. The Morgan fingerprint density at radius 2 is 1.07 bits per heavy atom. The molecule has 0 saturated carbocycles. The summed E-state index contributed by atoms with van der Waals surface area (Å²) < 4.78 is 49.3. The molecule has 0 N–H and O–H groups in total. The predicted octanol–water partition coefficient (Wildman–Crippen LogP) is 8.12. The molecule has 3 aromatic rings. The summed E-state index contributed by atoms with van der Waals surface area (Å²) in [7, 11) is 0. The van der Waals surface area contributed by atoms with Crippen LogP contribution in [0.4, 0.5) is 17.6 Å². The Balaban J connectivity index is 0.000000218. The number of aryl methyl sites for hydroxylation is 3. The molecule has 5 heteroatoms. The van der Waals surface area contributed by atoms with Crippen LogP contribution in [0.25, 0.3) is 0 Å². The number of benzene rings is 3. The van der Waals surface area contributed by atoms with Crippen molar-refractivity contribution in [3.8, 4) is 0 Å². The Morgan fingerprint density at radius 1 is 0.586 bits per heavy atom. The Labute approximate surface area is 175 Å². The van der Waals surface area contributed by atoms with E-state index in [1.54, 1.807) is 19.1 Å². The molecule has 156 valence electrons. The smallest absolute Gasteiger partial charge is 0.131 e. The summed E-state index contributed by atoms with van der Waals surface area (Å²) in [4.78, 5) is 0. The van der Waals surface area contributed by atoms with Crippen LogP contribution < -0.4 is 0 Å². The fourth-order valence-corrected chi connectivity index (χ4v) is 2.61. The third-order valence-corrected chi connectivity index (χ3v) is 4.93. The van der Waals surface area contributed by atoms with Crippen LogP contribution in [0.1, 0.15) is 33.4 Å². The fraction of sp³-hybridized carbons (Fsp3) is 0.250. The maximum Gasteiger partial charge on any atom is 0.131 e. The Hall–Kier alpha value is -2.33. The van der Waals surface area contributed by atoms with Crippen molar-refractivity contribution in [2.75, 3.05) is 0 Å². The first-order valence-corrected chi connectivity index (χ1v) is 9.38. The third kappa shape index (κ3) is 7.54. The van der Waals surface area contributed by atoms with Gasteiger partial charge in [-0.1, -0.05) is 35.4 Å². The lowest BCUT2D eigenvalue weighted by molar-refractivity contribution is 0.532. The molecule has 0 fully saturated rings. The second-order valence-corrected chi connectivity index (χ2v) is 7.27. The maximum atomic E-state index is 12.5. The molecule has 29 heavy (non-hydrogen) atoms. The van der Waals surface area contributed by atoms with Gasteiger partial charge in [-0.3, -0.25) is 0 Å². The maximum absolute atomic E-state index is 12.5. The van der Waals surface area contributed by atoms with Crippen LogP contribution in [0.5, 0.6) is 0 Å². The van der Waals surface area contributed by atoms with E-state index < -0.39 is 17.5 Å². The van der Waals surface area contributed by atoms with Gasteiger partial charge in [0.15, 0.2) is 0 Å². The summed E-state index contributed by atoms with van der Waals surface area (Å²) in [6.07, 6.45) is 0. The highest BCUT2D eigenvalue weighted by atomic mass is 35.5. The molecule has 0 bridgehead atoms. The molecule has 0 unspecified atom stereocenters. The molecule has 0 aliphatic heterocycles. The molecule has 3 aromatic carbocycles. The van der Waals surface area contributed by atoms with Crippen LogP contribution in [-0.2, 0) is 0 Å². The Morgan fingerprint density at radius 3 is 1.48 bits per heavy atom. The molecule has 0 atom stereocenters. The standard InChI is InChI=1S/C10H14.C7H6ClF.C7H5F3/c1-7-5-8(2)10(4)9(3)6-7;1-5-6(8)3-2-4-7(5)9;1-4-6(9)2-5(8)3-7(4)10/h5-6H,1-4H3;2-4H,1H3;2-3H,1H3. The highest BCUT2D eigenvalue weighted by Crippen LogP contribution is 2.16. The van der Waals surface area contributed by atoms with E-state index in [-0.39, 0.29) is 11.4 Å². The van der Waals surface area contributed by atoms with E-state index in [0.717, 1.165) is 0 Å². The Bertz CT molecular complexity index is 859. The van der Waals surface area contributed by atoms with Crippen molar-refractivity contribution in [2.45, 2.75) is 41.5 Å². The summed E-state index contributed by atoms with van der Waals surface area (Å²) in [5.41, 5.74) is 5.95. The average Bonchev–Trinajstić information content (AvgIpc) is 2.63. The van der Waals surface area contributed by atoms with Gasteiger partial charge >= 0.3 is 0 Å². The lowest BCUT2D eigenvalue weighted by atomic mass is 10.0. The molecule has 0 saturated heterocycles. The zero-order valence-electron chi connectivity index (χ0n) is 17.4. The van der Waals surface area contributed by atoms with Gasteiger partial charge in [-0.2, -0.15) is 0 Å². The minimum atomic E-state index is -0.888. The van der Waals surface area contributed by atoms with E-state index in [0.29, 0.717) is 22.7 Å². The van der Waals surface area contributed by atoms with Gasteiger partial charge < -0.3 is 0 Å². The molecule has 0 aliphatic carbocycles. The van der Waals surface area contributed by atoms with Gasteiger partial charge in [0.25, 0.3) is 0 Å². The largest absolute Gasteiger partial charge is 0.207 e. The number of hydrogen-bond donors (Lipinski definition) is 0. The number of hydrogen-bond acceptors (Lipinski definition) is 0. The molecule has 0 amide bonds. The molecule has 0 aliphatic rings. The topological polar surface area (TPSA) is 0 Å². The fourth-order valence-electron chi connectivity index (χ4n) is 2.45. The van der Waals surface area contributed by atoms with Crippen molar-refractivity contribution < 1.29 is 17.6 Å². The van der Waals surface area contributed by atoms with E-state index in [1.165, 1.54) is 35.2 Å². The number of rotatable bonds is 0. The SMILES string of the molecule is Cc1c(F)cc(F)cc1F.Cc1c(F)cccc1Cl.Cc1cc(C)c(C)c(C)c1. The first kappa shape index (κ1) is 24.7. The highest BCUT2D eigenvalue weighted by Gasteiger charge is 2.05. The zero-order valence-corrected chi connectivity index (χ0v) is 18.2. The molecule has 0 nitrogen and oxygen atoms in total. The third-order valence-electron chi connectivity index (χ3n) is 4.52. The van der Waals surface area contributed by atoms with Gasteiger partial charge in [0.2, 0.25) is 0 Å². The van der Waals surface area contributed by atoms with Gasteiger partial charge in [-0.05, 0) is 70.4 Å². The lowest BCUT2D eigenvalue weighted by Gasteiger charge is -2.04. The summed E-state index contributed by atoms with van der Waals surface area (Å²) >= 11 is 5.57. The first-order chi connectivity index (χ1) is 13.4. The molecule has 0 radical (unpaired) electrons. The molecular weight excluding hydrogens is 400 g/mol. The van der Waals surface area contributed by atoms with Crippen LogP contribution in [0.15, 0.2) is 42.5 Å². The van der Waals surface area contributed by atoms with Crippen molar-refractivity contribution in [1.82, 2.24) is 0 Å². The van der Waals surface area contributed by atoms with Gasteiger partial charge in [-0.25, -0.2) is 17.6 Å². The summed E-state index contributed by atoms with van der Waals surface area (Å²) in [6, 6.07) is 10.4. The minimum absolute atomic E-state index is 0.151. The van der Waals surface area contributed by atoms with E-state index in [4.69, 9.17) is 11.6 Å². The Kier molecular flexibility index (Phi) is 9.38. The van der Waals surface area contributed by atoms with E-state index in [9.17, 15) is 17.6 Å². The van der Waals surface area contributed by atoms with Crippen molar-refractivity contribution >= 4 is 11.6 Å². The van der Waals surface area contributed by atoms with Crippen LogP contribution in [-0.4, -0.2) is 0 Å². The van der Waals surface area contributed by atoms with Crippen molar-refractivity contribution in [1.29, 1.82) is 0 Å². The first-order valence-electron chi connectivity index (χ1n) is 9.00. The van der Waals surface area contributed by atoms with Crippen LogP contribution in [0, 0.1) is 64.8 Å². The van der Waals surface area contributed by atoms with Gasteiger partial charge in [0.05, 0.1) is 0 Å². The van der Waals surface area contributed by atoms with Gasteiger partial charge in [0, 0.05) is 28.3 Å². The van der Waals surface area contributed by atoms with E-state index in [2.05, 4.69) is 39.8 Å². The van der Waals surface area contributed by atoms with E-state index >= 15 is 0 Å². The van der Waals surface area contributed by atoms with Gasteiger partial charge in [-0.15, -0.1) is 0 Å². The molecule has 0 spiro atoms. The highest BCUT2D eigenvalue weighted by molar-refractivity contribution is 6.31. The van der Waals surface area contributed by atoms with Crippen molar-refractivity contribution in [2.24, 2.45) is 0 Å². The normalized spacial score (nSPS) is 9.90. The van der Waals surface area contributed by atoms with Crippen LogP contribution >= 0.6 is 11.6 Å². The lowest BCUT2D eigenvalue weighted by Crippen LogP contribution is -1.89. The van der Waals surface area contributed by atoms with E-state index in [1.807, 2.05) is 0 Å². The van der Waals surface area contributed by atoms with Crippen LogP contribution in [0.2, 0.25) is 5.02 Å². The molecule has 0 heterocycles. The van der Waals surface area contributed by atoms with Gasteiger partial charge in [0.1, 0.15) is 23.3 Å². The van der Waals surface area contributed by atoms with Crippen molar-refractivity contribution in [3.05, 3.63) is 104 Å². The minimum Gasteiger partial charge on any atom is -0.207 e. The summed E-state index contributed by atoms with van der Waals surface area (Å²) in [5, 5.41) is 0.481. The average molecular weight is 425 g/mol. The number of halogens is 5. The molecular formula is C24H25ClF4.